The second-order valence-electron chi connectivity index (χ2n) is 4.23. The molecular formula is C14H15N2+. The van der Waals surface area contributed by atoms with Crippen LogP contribution in [-0.4, -0.2) is 11.5 Å². The first-order valence-electron chi connectivity index (χ1n) is 5.76. The summed E-state index contributed by atoms with van der Waals surface area (Å²) in [5.74, 6) is 0. The van der Waals surface area contributed by atoms with Crippen molar-refractivity contribution in [2.24, 2.45) is 0 Å². The lowest BCUT2D eigenvalue weighted by Gasteiger charge is -2.23. The minimum atomic E-state index is 0.452. The van der Waals surface area contributed by atoms with Crippen molar-refractivity contribution in [3.05, 3.63) is 65.5 Å². The van der Waals surface area contributed by atoms with Crippen molar-refractivity contribution in [3.63, 3.8) is 0 Å². The number of fused-ring (bicyclic) bond motifs is 1. The SMILES string of the molecule is c1ccc2c(c1)CC[NH2+]C2c1ccncc1. The Morgan fingerprint density at radius 1 is 1.06 bits per heavy atom. The fourth-order valence-electron chi connectivity index (χ4n) is 2.48. The first-order valence-corrected chi connectivity index (χ1v) is 5.76. The van der Waals surface area contributed by atoms with Crippen LogP contribution in [0.25, 0.3) is 0 Å². The van der Waals surface area contributed by atoms with Crippen molar-refractivity contribution in [1.29, 1.82) is 0 Å². The van der Waals surface area contributed by atoms with Crippen LogP contribution in [-0.2, 0) is 6.42 Å². The van der Waals surface area contributed by atoms with Crippen molar-refractivity contribution in [3.8, 4) is 0 Å². The predicted octanol–water partition coefficient (Wildman–Crippen LogP) is 1.29. The predicted molar refractivity (Wildman–Crippen MR) is 63.0 cm³/mol. The van der Waals surface area contributed by atoms with Gasteiger partial charge in [-0.15, -0.1) is 0 Å². The maximum absolute atomic E-state index is 4.08. The third-order valence-electron chi connectivity index (χ3n) is 3.27. The fraction of sp³-hybridized carbons (Fsp3) is 0.214. The number of rotatable bonds is 1. The summed E-state index contributed by atoms with van der Waals surface area (Å²) in [7, 11) is 0. The number of pyridine rings is 1. The van der Waals surface area contributed by atoms with Crippen LogP contribution in [0.4, 0.5) is 0 Å². The van der Waals surface area contributed by atoms with Crippen molar-refractivity contribution in [2.75, 3.05) is 6.54 Å². The zero-order valence-corrected chi connectivity index (χ0v) is 9.13. The maximum Gasteiger partial charge on any atom is 0.138 e. The Morgan fingerprint density at radius 2 is 1.88 bits per heavy atom. The summed E-state index contributed by atoms with van der Waals surface area (Å²) in [5, 5.41) is 2.41. The number of aromatic nitrogens is 1. The summed E-state index contributed by atoms with van der Waals surface area (Å²) in [4.78, 5) is 4.08. The van der Waals surface area contributed by atoms with E-state index in [1.54, 1.807) is 0 Å². The Morgan fingerprint density at radius 3 is 2.75 bits per heavy atom. The molecule has 1 atom stereocenters. The molecule has 0 radical (unpaired) electrons. The van der Waals surface area contributed by atoms with Gasteiger partial charge < -0.3 is 5.32 Å². The molecule has 1 aliphatic rings. The minimum Gasteiger partial charge on any atom is -0.336 e. The molecular weight excluding hydrogens is 196 g/mol. The number of nitrogens with zero attached hydrogens (tertiary/aromatic N) is 1. The molecule has 0 amide bonds. The number of hydrogen-bond donors (Lipinski definition) is 1. The van der Waals surface area contributed by atoms with Gasteiger partial charge in [-0.25, -0.2) is 0 Å². The summed E-state index contributed by atoms with van der Waals surface area (Å²) in [5.41, 5.74) is 4.30. The quantitative estimate of drug-likeness (QED) is 0.756. The van der Waals surface area contributed by atoms with Gasteiger partial charge in [0.15, 0.2) is 0 Å². The summed E-state index contributed by atoms with van der Waals surface area (Å²) in [6.45, 7) is 1.17. The number of hydrogen-bond acceptors (Lipinski definition) is 1. The van der Waals surface area contributed by atoms with Gasteiger partial charge in [-0.05, 0) is 17.7 Å². The molecule has 0 spiro atoms. The molecule has 3 rings (SSSR count). The molecule has 2 heteroatoms. The first-order chi connectivity index (χ1) is 7.95. The lowest BCUT2D eigenvalue weighted by molar-refractivity contribution is -0.690. The van der Waals surface area contributed by atoms with E-state index in [1.165, 1.54) is 29.7 Å². The molecule has 1 aromatic carbocycles. The van der Waals surface area contributed by atoms with Gasteiger partial charge in [-0.2, -0.15) is 0 Å². The smallest absolute Gasteiger partial charge is 0.138 e. The van der Waals surface area contributed by atoms with E-state index in [2.05, 4.69) is 46.7 Å². The average Bonchev–Trinajstić information content (AvgIpc) is 2.39. The van der Waals surface area contributed by atoms with Crippen LogP contribution in [0, 0.1) is 0 Å². The third kappa shape index (κ3) is 1.61. The summed E-state index contributed by atoms with van der Waals surface area (Å²) < 4.78 is 0. The van der Waals surface area contributed by atoms with Crippen molar-refractivity contribution in [2.45, 2.75) is 12.5 Å². The van der Waals surface area contributed by atoms with Crippen LogP contribution in [0.5, 0.6) is 0 Å². The van der Waals surface area contributed by atoms with Gasteiger partial charge in [0.05, 0.1) is 6.54 Å². The van der Waals surface area contributed by atoms with Crippen LogP contribution in [0.2, 0.25) is 0 Å². The summed E-state index contributed by atoms with van der Waals surface area (Å²) >= 11 is 0. The number of quaternary nitrogens is 1. The second-order valence-corrected chi connectivity index (χ2v) is 4.23. The molecule has 0 bridgehead atoms. The van der Waals surface area contributed by atoms with Crippen LogP contribution < -0.4 is 5.32 Å². The molecule has 2 nitrogen and oxygen atoms in total. The van der Waals surface area contributed by atoms with Gasteiger partial charge in [0.25, 0.3) is 0 Å². The highest BCUT2D eigenvalue weighted by atomic mass is 14.9. The van der Waals surface area contributed by atoms with Crippen LogP contribution in [0.1, 0.15) is 22.7 Å². The normalized spacial score (nSPS) is 19.1. The highest BCUT2D eigenvalue weighted by molar-refractivity contribution is 5.36. The van der Waals surface area contributed by atoms with Crippen molar-refractivity contribution in [1.82, 2.24) is 4.98 Å². The number of benzene rings is 1. The Kier molecular flexibility index (Phi) is 2.43. The molecule has 0 saturated heterocycles. The van der Waals surface area contributed by atoms with E-state index in [4.69, 9.17) is 0 Å². The Balaban J connectivity index is 2.05. The molecule has 1 aliphatic heterocycles. The van der Waals surface area contributed by atoms with Gasteiger partial charge in [0, 0.05) is 29.9 Å². The molecule has 16 heavy (non-hydrogen) atoms. The highest BCUT2D eigenvalue weighted by Gasteiger charge is 2.23. The second kappa shape index (κ2) is 4.06. The maximum atomic E-state index is 4.08. The molecule has 1 aromatic heterocycles. The zero-order chi connectivity index (χ0) is 10.8. The van der Waals surface area contributed by atoms with E-state index in [0.29, 0.717) is 6.04 Å². The van der Waals surface area contributed by atoms with Crippen molar-refractivity contribution < 1.29 is 5.32 Å². The Labute approximate surface area is 95.3 Å². The molecule has 2 aromatic rings. The lowest BCUT2D eigenvalue weighted by atomic mass is 9.90. The van der Waals surface area contributed by atoms with Crippen LogP contribution in [0.15, 0.2) is 48.8 Å². The summed E-state index contributed by atoms with van der Waals surface area (Å²) in [6, 6.07) is 13.4. The minimum absolute atomic E-state index is 0.452. The van der Waals surface area contributed by atoms with Crippen molar-refractivity contribution >= 4 is 0 Å². The van der Waals surface area contributed by atoms with E-state index in [0.717, 1.165) is 0 Å². The van der Waals surface area contributed by atoms with E-state index in [-0.39, 0.29) is 0 Å². The molecule has 2 heterocycles. The molecule has 0 fully saturated rings. The standard InChI is InChI=1S/C14H14N2/c1-2-4-13-11(3-1)7-10-16-14(13)12-5-8-15-9-6-12/h1-6,8-9,14,16H,7,10H2/p+1. The van der Waals surface area contributed by atoms with Gasteiger partial charge >= 0.3 is 0 Å². The van der Waals surface area contributed by atoms with Gasteiger partial charge in [0.1, 0.15) is 6.04 Å². The van der Waals surface area contributed by atoms with E-state index < -0.39 is 0 Å². The average molecular weight is 211 g/mol. The molecule has 0 aliphatic carbocycles. The first kappa shape index (κ1) is 9.55. The molecule has 1 unspecified atom stereocenters. The van der Waals surface area contributed by atoms with Gasteiger partial charge in [0.2, 0.25) is 0 Å². The number of nitrogens with two attached hydrogens (primary N) is 1. The topological polar surface area (TPSA) is 29.5 Å². The molecule has 0 saturated carbocycles. The monoisotopic (exact) mass is 211 g/mol. The molecule has 80 valence electrons. The lowest BCUT2D eigenvalue weighted by Crippen LogP contribution is -2.87. The Hall–Kier alpha value is -1.67. The third-order valence-corrected chi connectivity index (χ3v) is 3.27. The van der Waals surface area contributed by atoms with Gasteiger partial charge in [-0.1, -0.05) is 24.3 Å². The van der Waals surface area contributed by atoms with E-state index in [9.17, 15) is 0 Å². The molecule has 2 N–H and O–H groups in total. The van der Waals surface area contributed by atoms with E-state index in [1.807, 2.05) is 12.4 Å². The fourth-order valence-corrected chi connectivity index (χ4v) is 2.48. The summed E-state index contributed by atoms with van der Waals surface area (Å²) in [6.07, 6.45) is 4.93. The van der Waals surface area contributed by atoms with Crippen LogP contribution >= 0.6 is 0 Å². The van der Waals surface area contributed by atoms with E-state index >= 15 is 0 Å². The highest BCUT2D eigenvalue weighted by Crippen LogP contribution is 2.23. The van der Waals surface area contributed by atoms with Gasteiger partial charge in [-0.3, -0.25) is 4.98 Å². The zero-order valence-electron chi connectivity index (χ0n) is 9.13. The largest absolute Gasteiger partial charge is 0.336 e. The van der Waals surface area contributed by atoms with Crippen LogP contribution in [0.3, 0.4) is 0 Å². The Bertz CT molecular complexity index is 479.